The van der Waals surface area contributed by atoms with E-state index < -0.39 is 0 Å². The van der Waals surface area contributed by atoms with Gasteiger partial charge in [-0.05, 0) is 36.4 Å². The summed E-state index contributed by atoms with van der Waals surface area (Å²) in [6.45, 7) is 6.16. The quantitative estimate of drug-likeness (QED) is 0.621. The van der Waals surface area contributed by atoms with E-state index in [0.29, 0.717) is 4.59 Å². The van der Waals surface area contributed by atoms with E-state index >= 15 is 0 Å². The lowest BCUT2D eigenvalue weighted by Crippen LogP contribution is -2.33. The Balaban J connectivity index is 2.60. The zero-order chi connectivity index (χ0) is 12.6. The molecule has 2 rings (SSSR count). The third-order valence-electron chi connectivity index (χ3n) is 2.93. The van der Waals surface area contributed by atoms with Gasteiger partial charge in [-0.15, -0.1) is 0 Å². The summed E-state index contributed by atoms with van der Waals surface area (Å²) in [7, 11) is 4.06. The number of aromatic nitrogens is 2. The molecule has 0 unspecified atom stereocenters. The number of halogens is 1. The molecule has 6 heteroatoms. The molecule has 0 aliphatic carbocycles. The van der Waals surface area contributed by atoms with Crippen LogP contribution in [0.5, 0.6) is 0 Å². The molecule has 0 saturated heterocycles. The molecule has 1 aliphatic heterocycles. The Hall–Kier alpha value is -0.760. The van der Waals surface area contributed by atoms with Crippen LogP contribution in [0.3, 0.4) is 0 Å². The normalized spacial score (nSPS) is 16.6. The summed E-state index contributed by atoms with van der Waals surface area (Å²) < 4.78 is 1.44. The predicted molar refractivity (Wildman–Crippen MR) is 79.8 cm³/mol. The van der Waals surface area contributed by atoms with E-state index in [2.05, 4.69) is 56.4 Å². The van der Waals surface area contributed by atoms with Crippen LogP contribution in [-0.4, -0.2) is 40.9 Å². The van der Waals surface area contributed by atoms with E-state index in [4.69, 9.17) is 0 Å². The van der Waals surface area contributed by atoms with Crippen LogP contribution in [0.2, 0.25) is 0 Å². The molecule has 2 heterocycles. The molecule has 0 atom stereocenters. The Morgan fingerprint density at radius 2 is 1.88 bits per heavy atom. The number of nitrogens with zero attached hydrogens (tertiary/aromatic N) is 5. The number of quaternary nitrogens is 1. The molecule has 0 aromatic carbocycles. The van der Waals surface area contributed by atoms with Crippen molar-refractivity contribution in [3.05, 3.63) is 11.9 Å². The van der Waals surface area contributed by atoms with Crippen LogP contribution in [0.15, 0.2) is 11.4 Å². The first-order valence-electron chi connectivity index (χ1n) is 5.71. The minimum absolute atomic E-state index is 0.449. The second-order valence-electron chi connectivity index (χ2n) is 4.35. The zero-order valence-electron chi connectivity index (χ0n) is 10.6. The Labute approximate surface area is 115 Å². The average Bonchev–Trinajstić information content (AvgIpc) is 2.52. The molecule has 1 aromatic rings. The van der Waals surface area contributed by atoms with Gasteiger partial charge in [0.25, 0.3) is 5.82 Å². The molecule has 0 N–H and O–H groups in total. The van der Waals surface area contributed by atoms with Crippen LogP contribution >= 0.6 is 22.6 Å². The summed E-state index contributed by atoms with van der Waals surface area (Å²) >= 11 is 2.27. The second kappa shape index (κ2) is 4.49. The lowest BCUT2D eigenvalue weighted by Gasteiger charge is -2.22. The van der Waals surface area contributed by atoms with Gasteiger partial charge in [0.15, 0.2) is 3.72 Å². The highest BCUT2D eigenvalue weighted by Gasteiger charge is 2.37. The van der Waals surface area contributed by atoms with Crippen molar-refractivity contribution in [1.82, 2.24) is 14.6 Å². The lowest BCUT2D eigenvalue weighted by molar-refractivity contribution is 0.424. The summed E-state index contributed by atoms with van der Waals surface area (Å²) in [5.41, 5.74) is 1.08. The van der Waals surface area contributed by atoms with Gasteiger partial charge in [0.2, 0.25) is 0 Å². The third-order valence-corrected chi connectivity index (χ3v) is 3.69. The Morgan fingerprint density at radius 1 is 1.24 bits per heavy atom. The molecule has 17 heavy (non-hydrogen) atoms. The molecule has 1 aromatic heterocycles. The fourth-order valence-electron chi connectivity index (χ4n) is 2.05. The fourth-order valence-corrected chi connectivity index (χ4v) is 3.07. The first-order valence-corrected chi connectivity index (χ1v) is 6.79. The highest BCUT2D eigenvalue weighted by Crippen LogP contribution is 2.36. The molecule has 0 amide bonds. The highest BCUT2D eigenvalue weighted by atomic mass is 127. The average molecular weight is 346 g/mol. The van der Waals surface area contributed by atoms with Gasteiger partial charge in [-0.25, -0.2) is 4.98 Å². The number of fused-ring (bicyclic) bond motifs is 1. The van der Waals surface area contributed by atoms with Crippen molar-refractivity contribution < 1.29 is 0 Å². The molecule has 0 spiro atoms. The van der Waals surface area contributed by atoms with Crippen LogP contribution in [0.1, 0.15) is 19.4 Å². The Bertz CT molecular complexity index is 465. The molecule has 0 saturated carbocycles. The van der Waals surface area contributed by atoms with E-state index in [1.54, 1.807) is 6.33 Å². The van der Waals surface area contributed by atoms with Gasteiger partial charge in [0.1, 0.15) is 17.7 Å². The second-order valence-corrected chi connectivity index (χ2v) is 5.38. The topological polar surface area (TPSA) is 41.4 Å². The largest absolute Gasteiger partial charge is 0.356 e. The molecule has 0 radical (unpaired) electrons. The molecular weight excluding hydrogens is 329 g/mol. The first-order chi connectivity index (χ1) is 8.01. The van der Waals surface area contributed by atoms with Crippen LogP contribution in [0.25, 0.3) is 0 Å². The smallest absolute Gasteiger partial charge is 0.269 e. The van der Waals surface area contributed by atoms with Crippen molar-refractivity contribution in [3.63, 3.8) is 0 Å². The maximum absolute atomic E-state index is 4.61. The fraction of sp³-hybridized carbons (Fsp3) is 0.545. The van der Waals surface area contributed by atoms with Crippen molar-refractivity contribution in [2.75, 3.05) is 32.1 Å². The van der Waals surface area contributed by atoms with Crippen LogP contribution in [0, 0.1) is 0 Å². The molecular formula is C11H17IN5+. The molecule has 0 fully saturated rings. The van der Waals surface area contributed by atoms with Crippen LogP contribution in [0.4, 0.5) is 11.6 Å². The number of hydrogen-bond donors (Lipinski definition) is 0. The van der Waals surface area contributed by atoms with Crippen molar-refractivity contribution in [2.45, 2.75) is 13.8 Å². The monoisotopic (exact) mass is 346 g/mol. The summed E-state index contributed by atoms with van der Waals surface area (Å²) in [5, 5.41) is 4.61. The Morgan fingerprint density at radius 3 is 2.47 bits per heavy atom. The molecule has 92 valence electrons. The number of anilines is 1. The highest BCUT2D eigenvalue weighted by molar-refractivity contribution is 14.1. The predicted octanol–water partition coefficient (Wildman–Crippen LogP) is 2.00. The van der Waals surface area contributed by atoms with E-state index in [1.165, 1.54) is 0 Å². The summed E-state index contributed by atoms with van der Waals surface area (Å²) in [4.78, 5) is 11.1. The minimum Gasteiger partial charge on any atom is -0.356 e. The maximum Gasteiger partial charge on any atom is 0.269 e. The SMILES string of the molecule is CCN(CC)c1ncnc2c1C(I)=N[N+]2(C)C. The van der Waals surface area contributed by atoms with Crippen molar-refractivity contribution in [1.29, 1.82) is 0 Å². The van der Waals surface area contributed by atoms with E-state index in [1.807, 2.05) is 14.1 Å². The van der Waals surface area contributed by atoms with Gasteiger partial charge in [-0.3, -0.25) is 0 Å². The molecule has 5 nitrogen and oxygen atoms in total. The van der Waals surface area contributed by atoms with Crippen molar-refractivity contribution in [3.8, 4) is 0 Å². The van der Waals surface area contributed by atoms with Gasteiger partial charge in [0.05, 0.1) is 14.1 Å². The summed E-state index contributed by atoms with van der Waals surface area (Å²) in [5.74, 6) is 1.98. The van der Waals surface area contributed by atoms with E-state index in [-0.39, 0.29) is 0 Å². The lowest BCUT2D eigenvalue weighted by atomic mass is 10.2. The van der Waals surface area contributed by atoms with Crippen LogP contribution < -0.4 is 9.49 Å². The Kier molecular flexibility index (Phi) is 3.35. The number of rotatable bonds is 3. The summed E-state index contributed by atoms with van der Waals surface area (Å²) in [6, 6.07) is 0. The van der Waals surface area contributed by atoms with Gasteiger partial charge in [-0.2, -0.15) is 9.58 Å². The van der Waals surface area contributed by atoms with Gasteiger partial charge >= 0.3 is 0 Å². The zero-order valence-corrected chi connectivity index (χ0v) is 12.8. The number of hydrogen-bond acceptors (Lipinski definition) is 4. The standard InChI is InChI=1S/C11H17IN5/c1-5-16(6-2)10-8-9(12)15-17(3,4)11(8)14-7-13-10/h7H,5-6H2,1-4H3/q+1. The molecule has 1 aliphatic rings. The van der Waals surface area contributed by atoms with E-state index in [0.717, 1.165) is 34.0 Å². The van der Waals surface area contributed by atoms with Gasteiger partial charge in [0, 0.05) is 13.1 Å². The third kappa shape index (κ3) is 2.03. The first kappa shape index (κ1) is 12.7. The van der Waals surface area contributed by atoms with Crippen LogP contribution in [-0.2, 0) is 0 Å². The van der Waals surface area contributed by atoms with Gasteiger partial charge < -0.3 is 4.90 Å². The van der Waals surface area contributed by atoms with Gasteiger partial charge in [-0.1, -0.05) is 5.10 Å². The van der Waals surface area contributed by atoms with Crippen molar-refractivity contribution in [2.24, 2.45) is 5.10 Å². The minimum atomic E-state index is 0.449. The maximum atomic E-state index is 4.61. The van der Waals surface area contributed by atoms with Crippen molar-refractivity contribution >= 4 is 37.9 Å². The van der Waals surface area contributed by atoms with E-state index in [9.17, 15) is 0 Å². The summed E-state index contributed by atoms with van der Waals surface area (Å²) in [6.07, 6.45) is 1.64. The molecule has 0 bridgehead atoms.